The van der Waals surface area contributed by atoms with Crippen molar-refractivity contribution in [2.45, 2.75) is 109 Å². The molecule has 0 aromatic heterocycles. The van der Waals surface area contributed by atoms with Gasteiger partial charge in [0.2, 0.25) is 0 Å². The van der Waals surface area contributed by atoms with Gasteiger partial charge in [0.15, 0.2) is 17.5 Å². The number of rotatable bonds is 10. The summed E-state index contributed by atoms with van der Waals surface area (Å²) >= 11 is 0. The van der Waals surface area contributed by atoms with Gasteiger partial charge in [0.1, 0.15) is 0 Å². The lowest BCUT2D eigenvalue weighted by Crippen LogP contribution is -2.18. The van der Waals surface area contributed by atoms with Gasteiger partial charge in [-0.2, -0.15) is 0 Å². The van der Waals surface area contributed by atoms with E-state index in [4.69, 9.17) is 0 Å². The van der Waals surface area contributed by atoms with Crippen LogP contribution in [0.4, 0.5) is 13.2 Å². The maximum Gasteiger partial charge on any atom is 0.194 e. The van der Waals surface area contributed by atoms with E-state index in [9.17, 15) is 13.2 Å². The monoisotopic (exact) mass is 434 g/mol. The molecule has 2 aliphatic carbocycles. The van der Waals surface area contributed by atoms with Crippen molar-refractivity contribution < 1.29 is 13.2 Å². The smallest absolute Gasteiger partial charge is 0.194 e. The highest BCUT2D eigenvalue weighted by Crippen LogP contribution is 2.40. The van der Waals surface area contributed by atoms with Gasteiger partial charge in [0.25, 0.3) is 0 Å². The Labute approximate surface area is 187 Å². The summed E-state index contributed by atoms with van der Waals surface area (Å²) in [4.78, 5) is 0. The summed E-state index contributed by atoms with van der Waals surface area (Å²) in [5.74, 6) is -0.689. The molecule has 0 unspecified atom stereocenters. The Morgan fingerprint density at radius 2 is 1.19 bits per heavy atom. The lowest BCUT2D eigenvalue weighted by molar-refractivity contribution is 0.223. The van der Waals surface area contributed by atoms with Crippen LogP contribution in [0.5, 0.6) is 0 Å². The van der Waals surface area contributed by atoms with Gasteiger partial charge in [-0.3, -0.25) is 0 Å². The van der Waals surface area contributed by atoms with Gasteiger partial charge in [0.05, 0.1) is 0 Å². The molecule has 2 fully saturated rings. The Morgan fingerprint density at radius 1 is 0.710 bits per heavy atom. The van der Waals surface area contributed by atoms with Crippen LogP contribution in [0.1, 0.15) is 115 Å². The highest BCUT2D eigenvalue weighted by Gasteiger charge is 2.26. The molecule has 1 aromatic rings. The van der Waals surface area contributed by atoms with Gasteiger partial charge in [-0.15, -0.1) is 0 Å². The summed E-state index contributed by atoms with van der Waals surface area (Å²) in [6.07, 6.45) is 23.6. The van der Waals surface area contributed by atoms with Gasteiger partial charge in [-0.1, -0.05) is 70.4 Å². The Hall–Kier alpha value is -1.25. The highest BCUT2D eigenvalue weighted by atomic mass is 19.2. The van der Waals surface area contributed by atoms with Gasteiger partial charge in [0, 0.05) is 0 Å². The Kier molecular flexibility index (Phi) is 9.99. The Morgan fingerprint density at radius 3 is 1.74 bits per heavy atom. The summed E-state index contributed by atoms with van der Waals surface area (Å²) in [6.45, 7) is 2.23. The van der Waals surface area contributed by atoms with E-state index < -0.39 is 17.5 Å². The fourth-order valence-electron chi connectivity index (χ4n) is 5.80. The SMILES string of the molecule is CCC/C=C/CCC[C@H]1CC[C@H](CC[C@H]2CC[C@H](c3cc(F)c(F)c(F)c3)CC2)CC1. The lowest BCUT2D eigenvalue weighted by atomic mass is 9.74. The van der Waals surface area contributed by atoms with Crippen LogP contribution in [-0.2, 0) is 0 Å². The van der Waals surface area contributed by atoms with E-state index in [1.807, 2.05) is 0 Å². The van der Waals surface area contributed by atoms with Crippen molar-refractivity contribution in [3.05, 3.63) is 47.3 Å². The number of unbranched alkanes of at least 4 members (excludes halogenated alkanes) is 2. The van der Waals surface area contributed by atoms with Crippen LogP contribution < -0.4 is 0 Å². The zero-order valence-electron chi connectivity index (χ0n) is 19.4. The summed E-state index contributed by atoms with van der Waals surface area (Å²) in [6, 6.07) is 2.40. The second kappa shape index (κ2) is 12.7. The maximum absolute atomic E-state index is 13.5. The number of hydrogen-bond acceptors (Lipinski definition) is 0. The number of benzene rings is 1. The summed E-state index contributed by atoms with van der Waals surface area (Å²) in [5.41, 5.74) is 0.633. The second-order valence-corrected chi connectivity index (χ2v) is 10.2. The minimum atomic E-state index is -1.35. The third-order valence-electron chi connectivity index (χ3n) is 7.88. The minimum absolute atomic E-state index is 0.174. The molecule has 0 aliphatic heterocycles. The molecule has 3 rings (SSSR count). The molecule has 2 aliphatic rings. The van der Waals surface area contributed by atoms with E-state index in [0.29, 0.717) is 5.56 Å². The molecule has 0 bridgehead atoms. The zero-order valence-corrected chi connectivity index (χ0v) is 19.4. The minimum Gasteiger partial charge on any atom is -0.204 e. The zero-order chi connectivity index (χ0) is 22.1. The number of hydrogen-bond donors (Lipinski definition) is 0. The third kappa shape index (κ3) is 7.68. The standard InChI is InChI=1S/C28H41F3/c1-2-3-4-5-6-7-8-21-9-11-22(12-10-21)13-14-23-15-17-24(18-16-23)25-19-26(29)28(31)27(30)20-25/h4-5,19-24H,2-3,6-18H2,1H3/b5-4+/t21-,22-,23-,24-. The Bertz CT molecular complexity index is 656. The number of allylic oxidation sites excluding steroid dienone is 2. The summed E-state index contributed by atoms with van der Waals surface area (Å²) in [7, 11) is 0. The van der Waals surface area contributed by atoms with Crippen molar-refractivity contribution in [3.8, 4) is 0 Å². The van der Waals surface area contributed by atoms with Crippen LogP contribution in [0.3, 0.4) is 0 Å². The predicted octanol–water partition coefficient (Wildman–Crippen LogP) is 9.49. The van der Waals surface area contributed by atoms with E-state index in [1.54, 1.807) is 0 Å². The molecule has 0 atom stereocenters. The molecule has 0 radical (unpaired) electrons. The average Bonchev–Trinajstić information content (AvgIpc) is 2.79. The van der Waals surface area contributed by atoms with Crippen molar-refractivity contribution >= 4 is 0 Å². The molecule has 31 heavy (non-hydrogen) atoms. The van der Waals surface area contributed by atoms with Crippen LogP contribution in [0.25, 0.3) is 0 Å². The van der Waals surface area contributed by atoms with Crippen LogP contribution >= 0.6 is 0 Å². The highest BCUT2D eigenvalue weighted by molar-refractivity contribution is 5.23. The third-order valence-corrected chi connectivity index (χ3v) is 7.88. The molecule has 0 spiro atoms. The first-order chi connectivity index (χ1) is 15.1. The topological polar surface area (TPSA) is 0 Å². The van der Waals surface area contributed by atoms with Gasteiger partial charge < -0.3 is 0 Å². The molecule has 0 nitrogen and oxygen atoms in total. The summed E-state index contributed by atoms with van der Waals surface area (Å²) in [5, 5.41) is 0. The predicted molar refractivity (Wildman–Crippen MR) is 124 cm³/mol. The van der Waals surface area contributed by atoms with Crippen molar-refractivity contribution in [3.63, 3.8) is 0 Å². The second-order valence-electron chi connectivity index (χ2n) is 10.2. The molecule has 0 N–H and O–H groups in total. The fourth-order valence-corrected chi connectivity index (χ4v) is 5.80. The van der Waals surface area contributed by atoms with Crippen LogP contribution in [0.2, 0.25) is 0 Å². The van der Waals surface area contributed by atoms with E-state index in [0.717, 1.165) is 43.4 Å². The van der Waals surface area contributed by atoms with Gasteiger partial charge in [-0.05, 0) is 86.3 Å². The molecule has 0 amide bonds. The molecule has 1 aromatic carbocycles. The quantitative estimate of drug-likeness (QED) is 0.195. The molecule has 2 saturated carbocycles. The Balaban J connectivity index is 1.29. The molecule has 0 saturated heterocycles. The first kappa shape index (κ1) is 24.4. The average molecular weight is 435 g/mol. The van der Waals surface area contributed by atoms with E-state index >= 15 is 0 Å². The van der Waals surface area contributed by atoms with Crippen molar-refractivity contribution in [2.75, 3.05) is 0 Å². The van der Waals surface area contributed by atoms with Crippen molar-refractivity contribution in [1.29, 1.82) is 0 Å². The number of halogens is 3. The van der Waals surface area contributed by atoms with Gasteiger partial charge >= 0.3 is 0 Å². The van der Waals surface area contributed by atoms with E-state index in [-0.39, 0.29) is 5.92 Å². The lowest BCUT2D eigenvalue weighted by Gasteiger charge is -2.32. The molecule has 0 heterocycles. The fraction of sp³-hybridized carbons (Fsp3) is 0.714. The van der Waals surface area contributed by atoms with Crippen molar-refractivity contribution in [2.24, 2.45) is 17.8 Å². The van der Waals surface area contributed by atoms with Crippen LogP contribution in [0.15, 0.2) is 24.3 Å². The van der Waals surface area contributed by atoms with E-state index in [1.165, 1.54) is 82.8 Å². The molecular weight excluding hydrogens is 393 g/mol. The molecular formula is C28H41F3. The van der Waals surface area contributed by atoms with Gasteiger partial charge in [-0.25, -0.2) is 13.2 Å². The van der Waals surface area contributed by atoms with E-state index in [2.05, 4.69) is 19.1 Å². The first-order valence-corrected chi connectivity index (χ1v) is 12.9. The first-order valence-electron chi connectivity index (χ1n) is 12.9. The maximum atomic E-state index is 13.5. The van der Waals surface area contributed by atoms with Crippen molar-refractivity contribution in [1.82, 2.24) is 0 Å². The largest absolute Gasteiger partial charge is 0.204 e. The summed E-state index contributed by atoms with van der Waals surface area (Å²) < 4.78 is 40.3. The molecule has 3 heteroatoms. The molecule has 174 valence electrons. The normalized spacial score (nSPS) is 27.1. The van der Waals surface area contributed by atoms with Crippen LogP contribution in [0, 0.1) is 35.2 Å². The van der Waals surface area contributed by atoms with Crippen LogP contribution in [-0.4, -0.2) is 0 Å².